The van der Waals surface area contributed by atoms with Crippen molar-refractivity contribution in [1.82, 2.24) is 0 Å². The van der Waals surface area contributed by atoms with E-state index in [9.17, 15) is 4.79 Å². The Kier molecular flexibility index (Phi) is 6.80. The van der Waals surface area contributed by atoms with E-state index < -0.39 is 6.16 Å². The van der Waals surface area contributed by atoms with Crippen LogP contribution in [0.3, 0.4) is 0 Å². The van der Waals surface area contributed by atoms with E-state index in [1.165, 1.54) is 7.11 Å². The average molecular weight is 212 g/mol. The first-order chi connectivity index (χ1) is 7.26. The van der Waals surface area contributed by atoms with Gasteiger partial charge in [-0.05, 0) is 24.3 Å². The molecule has 0 N–H and O–H groups in total. The van der Waals surface area contributed by atoms with Crippen LogP contribution >= 0.6 is 0 Å². The highest BCUT2D eigenvalue weighted by molar-refractivity contribution is 5.63. The number of carbonyl (C=O) groups is 1. The highest BCUT2D eigenvalue weighted by Crippen LogP contribution is 2.17. The molecule has 0 aliphatic rings. The largest absolute Gasteiger partial charge is 0.513 e. The summed E-state index contributed by atoms with van der Waals surface area (Å²) < 4.78 is 14.0. The van der Waals surface area contributed by atoms with Crippen molar-refractivity contribution in [2.75, 3.05) is 14.2 Å². The minimum absolute atomic E-state index is 0.424. The molecule has 15 heavy (non-hydrogen) atoms. The van der Waals surface area contributed by atoms with Crippen LogP contribution in [0.2, 0.25) is 0 Å². The third kappa shape index (κ3) is 4.90. The molecule has 0 saturated heterocycles. The van der Waals surface area contributed by atoms with E-state index in [4.69, 9.17) is 9.47 Å². The molecule has 0 spiro atoms. The first kappa shape index (κ1) is 13.3. The van der Waals surface area contributed by atoms with Gasteiger partial charge in [-0.25, -0.2) is 4.79 Å². The van der Waals surface area contributed by atoms with Crippen LogP contribution in [-0.4, -0.2) is 20.4 Å². The summed E-state index contributed by atoms with van der Waals surface area (Å²) in [5.74, 6) is 1.13. The maximum Gasteiger partial charge on any atom is 0.513 e. The average Bonchev–Trinajstić information content (AvgIpc) is 2.32. The van der Waals surface area contributed by atoms with E-state index in [1.54, 1.807) is 31.4 Å². The molecule has 0 saturated carbocycles. The van der Waals surface area contributed by atoms with Crippen LogP contribution in [0, 0.1) is 0 Å². The van der Waals surface area contributed by atoms with Crippen LogP contribution in [-0.2, 0) is 4.74 Å². The van der Waals surface area contributed by atoms with Crippen molar-refractivity contribution in [2.24, 2.45) is 0 Å². The molecule has 0 bridgehead atoms. The number of carbonyl (C=O) groups excluding carboxylic acids is 1. The van der Waals surface area contributed by atoms with Crippen molar-refractivity contribution in [3.63, 3.8) is 0 Å². The molecule has 0 aliphatic carbocycles. The predicted molar refractivity (Wildman–Crippen MR) is 57.4 cm³/mol. The second-order valence-corrected chi connectivity index (χ2v) is 2.23. The molecule has 1 aromatic rings. The fraction of sp³-hybridized carbons (Fsp3) is 0.364. The molecule has 0 amide bonds. The van der Waals surface area contributed by atoms with E-state index in [0.717, 1.165) is 0 Å². The minimum Gasteiger partial charge on any atom is -0.497 e. The first-order valence-corrected chi connectivity index (χ1v) is 4.66. The fourth-order valence-corrected chi connectivity index (χ4v) is 0.782. The Morgan fingerprint density at radius 2 is 1.47 bits per heavy atom. The highest BCUT2D eigenvalue weighted by atomic mass is 16.7. The van der Waals surface area contributed by atoms with Gasteiger partial charge in [-0.1, -0.05) is 13.8 Å². The quantitative estimate of drug-likeness (QED) is 0.558. The lowest BCUT2D eigenvalue weighted by Crippen LogP contribution is -2.06. The molecule has 0 atom stereocenters. The Hall–Kier alpha value is -1.71. The molecule has 84 valence electrons. The van der Waals surface area contributed by atoms with Gasteiger partial charge in [-0.2, -0.15) is 0 Å². The van der Waals surface area contributed by atoms with Crippen molar-refractivity contribution >= 4 is 6.16 Å². The first-order valence-electron chi connectivity index (χ1n) is 4.66. The van der Waals surface area contributed by atoms with Crippen LogP contribution in [0.5, 0.6) is 11.5 Å². The number of rotatable bonds is 2. The molecule has 0 heterocycles. The van der Waals surface area contributed by atoms with E-state index in [1.807, 2.05) is 13.8 Å². The van der Waals surface area contributed by atoms with Gasteiger partial charge in [0, 0.05) is 0 Å². The van der Waals surface area contributed by atoms with Crippen molar-refractivity contribution in [2.45, 2.75) is 13.8 Å². The molecule has 0 radical (unpaired) electrons. The minimum atomic E-state index is -0.731. The number of ether oxygens (including phenoxy) is 3. The van der Waals surface area contributed by atoms with E-state index in [0.29, 0.717) is 11.5 Å². The molecule has 0 aliphatic heterocycles. The van der Waals surface area contributed by atoms with Gasteiger partial charge in [0.15, 0.2) is 0 Å². The Morgan fingerprint density at radius 1 is 1.00 bits per heavy atom. The summed E-state index contributed by atoms with van der Waals surface area (Å²) >= 11 is 0. The smallest absolute Gasteiger partial charge is 0.497 e. The van der Waals surface area contributed by atoms with Crippen molar-refractivity contribution in [1.29, 1.82) is 0 Å². The molecule has 4 nitrogen and oxygen atoms in total. The second kappa shape index (κ2) is 7.67. The van der Waals surface area contributed by atoms with Crippen LogP contribution < -0.4 is 9.47 Å². The zero-order valence-corrected chi connectivity index (χ0v) is 9.44. The molecular weight excluding hydrogens is 196 g/mol. The Balaban J connectivity index is 0.000000921. The summed E-state index contributed by atoms with van der Waals surface area (Å²) in [7, 11) is 2.82. The lowest BCUT2D eigenvalue weighted by Gasteiger charge is -2.03. The van der Waals surface area contributed by atoms with Crippen LogP contribution in [0.15, 0.2) is 24.3 Å². The monoisotopic (exact) mass is 212 g/mol. The normalized spacial score (nSPS) is 8.27. The number of benzene rings is 1. The summed E-state index contributed by atoms with van der Waals surface area (Å²) in [6.45, 7) is 4.00. The Labute approximate surface area is 89.8 Å². The number of hydrogen-bond donors (Lipinski definition) is 0. The maximum atomic E-state index is 10.7. The summed E-state index contributed by atoms with van der Waals surface area (Å²) in [4.78, 5) is 10.7. The molecule has 0 aromatic heterocycles. The molecule has 0 unspecified atom stereocenters. The van der Waals surface area contributed by atoms with Gasteiger partial charge in [-0.15, -0.1) is 0 Å². The topological polar surface area (TPSA) is 44.8 Å². The van der Waals surface area contributed by atoms with Crippen molar-refractivity contribution in [3.05, 3.63) is 24.3 Å². The van der Waals surface area contributed by atoms with Crippen LogP contribution in [0.25, 0.3) is 0 Å². The van der Waals surface area contributed by atoms with E-state index in [-0.39, 0.29) is 0 Å². The molecular formula is C11H16O4. The standard InChI is InChI=1S/C9H10O4.C2H6/c1-11-7-3-5-8(6-4-7)13-9(10)12-2;1-2/h3-6H,1-2H3;1-2H3. The fourth-order valence-electron chi connectivity index (χ4n) is 0.782. The maximum absolute atomic E-state index is 10.7. The van der Waals surface area contributed by atoms with Crippen molar-refractivity contribution in [3.8, 4) is 11.5 Å². The summed E-state index contributed by atoms with van der Waals surface area (Å²) in [6, 6.07) is 6.63. The second-order valence-electron chi connectivity index (χ2n) is 2.23. The third-order valence-electron chi connectivity index (χ3n) is 1.43. The molecule has 1 aromatic carbocycles. The lowest BCUT2D eigenvalue weighted by atomic mass is 10.3. The number of methoxy groups -OCH3 is 2. The zero-order valence-electron chi connectivity index (χ0n) is 9.44. The summed E-state index contributed by atoms with van der Waals surface area (Å²) in [5.41, 5.74) is 0. The van der Waals surface area contributed by atoms with E-state index in [2.05, 4.69) is 4.74 Å². The van der Waals surface area contributed by atoms with Gasteiger partial charge < -0.3 is 14.2 Å². The van der Waals surface area contributed by atoms with Gasteiger partial charge in [0.2, 0.25) is 0 Å². The van der Waals surface area contributed by atoms with Gasteiger partial charge in [-0.3, -0.25) is 0 Å². The Morgan fingerprint density at radius 3 is 1.87 bits per heavy atom. The lowest BCUT2D eigenvalue weighted by molar-refractivity contribution is 0.121. The third-order valence-corrected chi connectivity index (χ3v) is 1.43. The molecule has 4 heteroatoms. The van der Waals surface area contributed by atoms with Crippen LogP contribution in [0.4, 0.5) is 4.79 Å². The SMILES string of the molecule is CC.COC(=O)Oc1ccc(OC)cc1. The molecule has 0 fully saturated rings. The van der Waals surface area contributed by atoms with Crippen LogP contribution in [0.1, 0.15) is 13.8 Å². The van der Waals surface area contributed by atoms with E-state index >= 15 is 0 Å². The number of hydrogen-bond acceptors (Lipinski definition) is 4. The van der Waals surface area contributed by atoms with Gasteiger partial charge >= 0.3 is 6.16 Å². The van der Waals surface area contributed by atoms with Crippen molar-refractivity contribution < 1.29 is 19.0 Å². The highest BCUT2D eigenvalue weighted by Gasteiger charge is 2.02. The summed E-state index contributed by atoms with van der Waals surface area (Å²) in [6.07, 6.45) is -0.731. The van der Waals surface area contributed by atoms with Gasteiger partial charge in [0.25, 0.3) is 0 Å². The van der Waals surface area contributed by atoms with Gasteiger partial charge in [0.1, 0.15) is 11.5 Å². The Bertz CT molecular complexity index is 279. The predicted octanol–water partition coefficient (Wildman–Crippen LogP) is 2.87. The zero-order chi connectivity index (χ0) is 11.7. The van der Waals surface area contributed by atoms with Gasteiger partial charge in [0.05, 0.1) is 14.2 Å². The molecule has 1 rings (SSSR count). The summed E-state index contributed by atoms with van der Waals surface area (Å²) in [5, 5.41) is 0.